The molecule has 0 atom stereocenters. The average Bonchev–Trinajstić information content (AvgIpc) is 2.03. The second kappa shape index (κ2) is 3.74. The van der Waals surface area contributed by atoms with Crippen molar-refractivity contribution in [3.8, 4) is 0 Å². The lowest BCUT2D eigenvalue weighted by atomic mass is 10.1. The molecule has 1 heterocycles. The van der Waals surface area contributed by atoms with Gasteiger partial charge in [0, 0.05) is 12.4 Å². The lowest BCUT2D eigenvalue weighted by molar-refractivity contribution is 0.00610. The van der Waals surface area contributed by atoms with Crippen LogP contribution in [0.2, 0.25) is 10.0 Å². The molecule has 2 N–H and O–H groups in total. The highest BCUT2D eigenvalue weighted by Crippen LogP contribution is 2.36. The molecule has 2 nitrogen and oxygen atoms in total. The quantitative estimate of drug-likeness (QED) is 0.842. The number of pyridine rings is 1. The molecule has 0 unspecified atom stereocenters. The fourth-order valence-electron chi connectivity index (χ4n) is 0.863. The van der Waals surface area contributed by atoms with Gasteiger partial charge in [-0.15, -0.1) is 0 Å². The van der Waals surface area contributed by atoms with E-state index < -0.39 is 18.0 Å². The Kier molecular flexibility index (Phi) is 3.05. The number of nitrogens with two attached hydrogens (primary N) is 1. The van der Waals surface area contributed by atoms with Crippen molar-refractivity contribution in [2.75, 3.05) is 6.54 Å². The van der Waals surface area contributed by atoms with Crippen LogP contribution in [0.25, 0.3) is 0 Å². The summed E-state index contributed by atoms with van der Waals surface area (Å²) in [6, 6.07) is 0. The standard InChI is InChI=1S/C7H6Cl2F2N2/c8-4-1-13-2-5(9)6(4)7(10,11)3-12/h1-2H,3,12H2. The molecule has 0 bridgehead atoms. The van der Waals surface area contributed by atoms with Crippen molar-refractivity contribution in [1.29, 1.82) is 0 Å². The molecule has 0 spiro atoms. The highest BCUT2D eigenvalue weighted by molar-refractivity contribution is 6.35. The summed E-state index contributed by atoms with van der Waals surface area (Å²) in [6.07, 6.45) is 2.21. The lowest BCUT2D eigenvalue weighted by Crippen LogP contribution is -2.26. The van der Waals surface area contributed by atoms with Gasteiger partial charge >= 0.3 is 0 Å². The Morgan fingerprint density at radius 2 is 1.77 bits per heavy atom. The molecule has 0 radical (unpaired) electrons. The zero-order valence-corrected chi connectivity index (χ0v) is 7.91. The fourth-order valence-corrected chi connectivity index (χ4v) is 1.50. The van der Waals surface area contributed by atoms with Crippen LogP contribution in [0.15, 0.2) is 12.4 Å². The Hall–Kier alpha value is -0.450. The van der Waals surface area contributed by atoms with E-state index in [1.807, 2.05) is 0 Å². The van der Waals surface area contributed by atoms with Crippen LogP contribution in [-0.4, -0.2) is 11.5 Å². The summed E-state index contributed by atoms with van der Waals surface area (Å²) in [4.78, 5) is 3.55. The van der Waals surface area contributed by atoms with Crippen molar-refractivity contribution in [2.45, 2.75) is 5.92 Å². The minimum absolute atomic E-state index is 0.178. The van der Waals surface area contributed by atoms with Crippen LogP contribution in [0.5, 0.6) is 0 Å². The number of halogens is 4. The van der Waals surface area contributed by atoms with Crippen LogP contribution < -0.4 is 5.73 Å². The number of hydrogen-bond donors (Lipinski definition) is 1. The van der Waals surface area contributed by atoms with Gasteiger partial charge in [-0.05, 0) is 0 Å². The van der Waals surface area contributed by atoms with Crippen LogP contribution in [0.3, 0.4) is 0 Å². The second-order valence-corrected chi connectivity index (χ2v) is 3.20. The summed E-state index contributed by atoms with van der Waals surface area (Å²) in [6.45, 7) is -0.837. The molecule has 0 aliphatic heterocycles. The van der Waals surface area contributed by atoms with Crippen molar-refractivity contribution in [2.24, 2.45) is 5.73 Å². The van der Waals surface area contributed by atoms with Crippen molar-refractivity contribution in [3.05, 3.63) is 28.0 Å². The van der Waals surface area contributed by atoms with E-state index in [4.69, 9.17) is 28.9 Å². The summed E-state index contributed by atoms with van der Waals surface area (Å²) >= 11 is 11.0. The highest BCUT2D eigenvalue weighted by atomic mass is 35.5. The van der Waals surface area contributed by atoms with Gasteiger partial charge in [0.15, 0.2) is 0 Å². The summed E-state index contributed by atoms with van der Waals surface area (Å²) in [7, 11) is 0. The molecule has 0 aliphatic carbocycles. The maximum atomic E-state index is 13.1. The second-order valence-electron chi connectivity index (χ2n) is 2.39. The predicted molar refractivity (Wildman–Crippen MR) is 47.2 cm³/mol. The molecule has 0 amide bonds. The molecule has 13 heavy (non-hydrogen) atoms. The highest BCUT2D eigenvalue weighted by Gasteiger charge is 2.34. The van der Waals surface area contributed by atoms with E-state index in [1.165, 1.54) is 0 Å². The molecule has 0 saturated heterocycles. The molecule has 1 aromatic rings. The Labute approximate surface area is 83.7 Å². The van der Waals surface area contributed by atoms with Crippen LogP contribution in [0.4, 0.5) is 8.78 Å². The number of aromatic nitrogens is 1. The topological polar surface area (TPSA) is 38.9 Å². The van der Waals surface area contributed by atoms with Gasteiger partial charge in [-0.2, -0.15) is 8.78 Å². The van der Waals surface area contributed by atoms with Crippen LogP contribution in [-0.2, 0) is 5.92 Å². The first-order valence-corrected chi connectivity index (χ1v) is 4.12. The average molecular weight is 227 g/mol. The molecule has 0 aromatic carbocycles. The molecule has 0 fully saturated rings. The fraction of sp³-hybridized carbons (Fsp3) is 0.286. The number of alkyl halides is 2. The Bertz CT molecular complexity index is 297. The molecule has 72 valence electrons. The SMILES string of the molecule is NCC(F)(F)c1c(Cl)cncc1Cl. The smallest absolute Gasteiger partial charge is 0.288 e. The number of rotatable bonds is 2. The third-order valence-corrected chi connectivity index (χ3v) is 2.05. The Morgan fingerprint density at radius 3 is 2.15 bits per heavy atom. The monoisotopic (exact) mass is 226 g/mol. The van der Waals surface area contributed by atoms with Gasteiger partial charge < -0.3 is 5.73 Å². The van der Waals surface area contributed by atoms with Crippen molar-refractivity contribution in [1.82, 2.24) is 4.98 Å². The summed E-state index contributed by atoms with van der Waals surface area (Å²) in [5.74, 6) is -3.21. The predicted octanol–water partition coefficient (Wildman–Crippen LogP) is 2.44. The van der Waals surface area contributed by atoms with Gasteiger partial charge in [0.2, 0.25) is 0 Å². The zero-order chi connectivity index (χ0) is 10.1. The minimum atomic E-state index is -3.21. The maximum Gasteiger partial charge on any atom is 0.288 e. The molecular formula is C7H6Cl2F2N2. The summed E-state index contributed by atoms with van der Waals surface area (Å²) in [5, 5.41) is -0.356. The van der Waals surface area contributed by atoms with Crippen molar-refractivity contribution in [3.63, 3.8) is 0 Å². The molecule has 0 saturated carbocycles. The van der Waals surface area contributed by atoms with E-state index in [9.17, 15) is 8.78 Å². The number of nitrogens with zero attached hydrogens (tertiary/aromatic N) is 1. The molecule has 1 aromatic heterocycles. The first-order chi connectivity index (χ1) is 5.99. The van der Waals surface area contributed by atoms with E-state index >= 15 is 0 Å². The van der Waals surface area contributed by atoms with E-state index in [2.05, 4.69) is 4.98 Å². The normalized spacial score (nSPS) is 11.8. The van der Waals surface area contributed by atoms with Gasteiger partial charge in [-0.1, -0.05) is 23.2 Å². The van der Waals surface area contributed by atoms with Crippen molar-refractivity contribution < 1.29 is 8.78 Å². The molecule has 1 rings (SSSR count). The first kappa shape index (κ1) is 10.6. The lowest BCUT2D eigenvalue weighted by Gasteiger charge is -2.16. The molecule has 6 heteroatoms. The van der Waals surface area contributed by atoms with E-state index in [0.29, 0.717) is 0 Å². The van der Waals surface area contributed by atoms with Gasteiger partial charge in [0.25, 0.3) is 5.92 Å². The van der Waals surface area contributed by atoms with Crippen LogP contribution in [0, 0.1) is 0 Å². The van der Waals surface area contributed by atoms with Crippen LogP contribution >= 0.6 is 23.2 Å². The van der Waals surface area contributed by atoms with E-state index in [-0.39, 0.29) is 10.0 Å². The Balaban J connectivity index is 3.28. The summed E-state index contributed by atoms with van der Waals surface area (Å²) < 4.78 is 26.2. The van der Waals surface area contributed by atoms with Gasteiger partial charge in [0.1, 0.15) is 0 Å². The van der Waals surface area contributed by atoms with Crippen LogP contribution in [0.1, 0.15) is 5.56 Å². The molecule has 0 aliphatic rings. The van der Waals surface area contributed by atoms with Gasteiger partial charge in [0.05, 0.1) is 22.2 Å². The third kappa shape index (κ3) is 2.07. The number of hydrogen-bond acceptors (Lipinski definition) is 2. The van der Waals surface area contributed by atoms with Gasteiger partial charge in [-0.3, -0.25) is 4.98 Å². The Morgan fingerprint density at radius 1 is 1.31 bits per heavy atom. The zero-order valence-electron chi connectivity index (χ0n) is 6.40. The minimum Gasteiger partial charge on any atom is -0.325 e. The van der Waals surface area contributed by atoms with E-state index in [1.54, 1.807) is 0 Å². The first-order valence-electron chi connectivity index (χ1n) is 3.36. The maximum absolute atomic E-state index is 13.1. The third-order valence-electron chi connectivity index (χ3n) is 1.48. The largest absolute Gasteiger partial charge is 0.325 e. The van der Waals surface area contributed by atoms with Gasteiger partial charge in [-0.25, -0.2) is 0 Å². The summed E-state index contributed by atoms with van der Waals surface area (Å²) in [5.41, 5.74) is 4.42. The molecular weight excluding hydrogens is 221 g/mol. The van der Waals surface area contributed by atoms with Crippen molar-refractivity contribution >= 4 is 23.2 Å². The van der Waals surface area contributed by atoms with E-state index in [0.717, 1.165) is 12.4 Å².